The minimum absolute atomic E-state index is 0.119. The molecule has 6 nitrogen and oxygen atoms in total. The Morgan fingerprint density at radius 1 is 1.10 bits per heavy atom. The highest BCUT2D eigenvalue weighted by atomic mass is 19.1. The van der Waals surface area contributed by atoms with Crippen LogP contribution in [0.2, 0.25) is 0 Å². The van der Waals surface area contributed by atoms with Crippen molar-refractivity contribution >= 4 is 17.6 Å². The molecule has 3 aromatic rings. The molecule has 1 aromatic heterocycles. The summed E-state index contributed by atoms with van der Waals surface area (Å²) in [6, 6.07) is 14.4. The third-order valence-corrected chi connectivity index (χ3v) is 5.48. The molecule has 1 aliphatic rings. The molecule has 152 valence electrons. The Labute approximate surface area is 173 Å². The minimum atomic E-state index is -0.572. The Morgan fingerprint density at radius 2 is 1.87 bits per heavy atom. The maximum atomic E-state index is 14.0. The maximum Gasteiger partial charge on any atom is 0.258 e. The first-order chi connectivity index (χ1) is 14.5. The summed E-state index contributed by atoms with van der Waals surface area (Å²) in [6.45, 7) is 0.132. The number of benzene rings is 2. The van der Waals surface area contributed by atoms with Crippen molar-refractivity contribution in [3.8, 4) is 0 Å². The summed E-state index contributed by atoms with van der Waals surface area (Å²) < 4.78 is 14.0. The van der Waals surface area contributed by atoms with Crippen LogP contribution in [0, 0.1) is 5.82 Å². The number of amides is 2. The van der Waals surface area contributed by atoms with Crippen LogP contribution in [0.4, 0.5) is 10.2 Å². The Kier molecular flexibility index (Phi) is 5.18. The molecule has 2 amide bonds. The largest absolute Gasteiger partial charge is 0.383 e. The number of hydrogen-bond donors (Lipinski definition) is 2. The van der Waals surface area contributed by atoms with Gasteiger partial charge in [0, 0.05) is 18.3 Å². The molecule has 0 saturated heterocycles. The number of carbonyl (C=O) groups excluding carboxylic acids is 2. The van der Waals surface area contributed by atoms with Crippen LogP contribution in [0.1, 0.15) is 49.9 Å². The summed E-state index contributed by atoms with van der Waals surface area (Å²) in [6.07, 6.45) is 2.88. The monoisotopic (exact) mass is 404 g/mol. The molecule has 0 spiro atoms. The van der Waals surface area contributed by atoms with Crippen molar-refractivity contribution in [1.29, 1.82) is 0 Å². The van der Waals surface area contributed by atoms with Gasteiger partial charge in [-0.25, -0.2) is 9.37 Å². The number of pyridine rings is 1. The molecule has 0 saturated carbocycles. The molecule has 7 heteroatoms. The summed E-state index contributed by atoms with van der Waals surface area (Å²) in [5.41, 5.74) is 14.5. The number of nitrogens with two attached hydrogens (primary N) is 2. The fourth-order valence-electron chi connectivity index (χ4n) is 4.03. The van der Waals surface area contributed by atoms with E-state index in [1.54, 1.807) is 47.4 Å². The Hall–Kier alpha value is -3.74. The van der Waals surface area contributed by atoms with Crippen molar-refractivity contribution in [2.24, 2.45) is 5.73 Å². The molecule has 1 atom stereocenters. The van der Waals surface area contributed by atoms with Crippen LogP contribution in [0.15, 0.2) is 60.8 Å². The molecule has 2 aromatic carbocycles. The van der Waals surface area contributed by atoms with Crippen molar-refractivity contribution in [3.05, 3.63) is 94.4 Å². The maximum absolute atomic E-state index is 14.0. The lowest BCUT2D eigenvalue weighted by Gasteiger charge is -2.31. The van der Waals surface area contributed by atoms with Gasteiger partial charge in [0.1, 0.15) is 11.6 Å². The van der Waals surface area contributed by atoms with Crippen LogP contribution in [0.25, 0.3) is 0 Å². The molecule has 0 aliphatic heterocycles. The highest BCUT2D eigenvalue weighted by molar-refractivity contribution is 5.99. The summed E-state index contributed by atoms with van der Waals surface area (Å²) in [4.78, 5) is 31.1. The summed E-state index contributed by atoms with van der Waals surface area (Å²) in [5, 5.41) is 0. The molecule has 1 heterocycles. The number of halogens is 1. The van der Waals surface area contributed by atoms with E-state index in [1.165, 1.54) is 18.3 Å². The van der Waals surface area contributed by atoms with E-state index in [1.807, 2.05) is 0 Å². The second-order valence-corrected chi connectivity index (χ2v) is 7.29. The third-order valence-electron chi connectivity index (χ3n) is 5.48. The number of primary amides is 1. The number of aryl methyl sites for hydroxylation is 1. The van der Waals surface area contributed by atoms with Gasteiger partial charge in [0.25, 0.3) is 5.91 Å². The molecule has 0 fully saturated rings. The van der Waals surface area contributed by atoms with E-state index in [2.05, 4.69) is 4.98 Å². The standard InChI is InChI=1S/C23H21FN4O2/c24-16-9-7-14-8-10-20(19(14)12-16)28(23(30)18-6-3-11-27-21(18)25)13-15-4-1-2-5-17(15)22(26)29/h1-7,9,11-12,20H,8,10,13H2,(H2,25,27)(H2,26,29)/t20-/m1/s1. The molecule has 0 unspecified atom stereocenters. The SMILES string of the molecule is NC(=O)c1ccccc1CN(C(=O)c1cccnc1N)[C@@H]1CCc2ccc(F)cc21. The van der Waals surface area contributed by atoms with Gasteiger partial charge >= 0.3 is 0 Å². The fourth-order valence-corrected chi connectivity index (χ4v) is 4.03. The lowest BCUT2D eigenvalue weighted by Crippen LogP contribution is -2.35. The number of aromatic nitrogens is 1. The molecule has 4 N–H and O–H groups in total. The van der Waals surface area contributed by atoms with Gasteiger partial charge in [-0.2, -0.15) is 0 Å². The number of anilines is 1. The zero-order chi connectivity index (χ0) is 21.3. The summed E-state index contributed by atoms with van der Waals surface area (Å²) in [7, 11) is 0. The van der Waals surface area contributed by atoms with Crippen molar-refractivity contribution in [1.82, 2.24) is 9.88 Å². The fraction of sp³-hybridized carbons (Fsp3) is 0.174. The lowest BCUT2D eigenvalue weighted by molar-refractivity contribution is 0.0656. The second-order valence-electron chi connectivity index (χ2n) is 7.29. The van der Waals surface area contributed by atoms with Gasteiger partial charge in [0.15, 0.2) is 0 Å². The number of carbonyl (C=O) groups is 2. The third kappa shape index (κ3) is 3.61. The molecular formula is C23H21FN4O2. The normalized spacial score (nSPS) is 14.9. The number of nitrogens with zero attached hydrogens (tertiary/aromatic N) is 2. The number of rotatable bonds is 5. The molecule has 30 heavy (non-hydrogen) atoms. The first kappa shape index (κ1) is 19.6. The van der Waals surface area contributed by atoms with Crippen LogP contribution < -0.4 is 11.5 Å². The Balaban J connectivity index is 1.79. The molecule has 0 bridgehead atoms. The van der Waals surface area contributed by atoms with Crippen molar-refractivity contribution in [2.45, 2.75) is 25.4 Å². The Bertz CT molecular complexity index is 1130. The zero-order valence-electron chi connectivity index (χ0n) is 16.2. The van der Waals surface area contributed by atoms with Gasteiger partial charge in [0.05, 0.1) is 11.6 Å². The lowest BCUT2D eigenvalue weighted by atomic mass is 10.0. The number of fused-ring (bicyclic) bond motifs is 1. The van der Waals surface area contributed by atoms with E-state index in [-0.39, 0.29) is 35.7 Å². The molecule has 4 rings (SSSR count). The van der Waals surface area contributed by atoms with Crippen molar-refractivity contribution < 1.29 is 14.0 Å². The van der Waals surface area contributed by atoms with E-state index in [9.17, 15) is 14.0 Å². The van der Waals surface area contributed by atoms with E-state index < -0.39 is 5.91 Å². The van der Waals surface area contributed by atoms with Gasteiger partial charge in [-0.05, 0) is 59.9 Å². The summed E-state index contributed by atoms with van der Waals surface area (Å²) in [5.74, 6) is -1.14. The van der Waals surface area contributed by atoms with Crippen molar-refractivity contribution in [3.63, 3.8) is 0 Å². The smallest absolute Gasteiger partial charge is 0.258 e. The predicted molar refractivity (Wildman–Crippen MR) is 111 cm³/mol. The highest BCUT2D eigenvalue weighted by Gasteiger charge is 2.33. The van der Waals surface area contributed by atoms with E-state index >= 15 is 0 Å². The van der Waals surface area contributed by atoms with E-state index in [4.69, 9.17) is 11.5 Å². The van der Waals surface area contributed by atoms with E-state index in [0.29, 0.717) is 17.5 Å². The van der Waals surface area contributed by atoms with Gasteiger partial charge in [-0.3, -0.25) is 9.59 Å². The minimum Gasteiger partial charge on any atom is -0.383 e. The van der Waals surface area contributed by atoms with Crippen LogP contribution in [-0.2, 0) is 13.0 Å². The zero-order valence-corrected chi connectivity index (χ0v) is 16.2. The quantitative estimate of drug-likeness (QED) is 0.681. The van der Waals surface area contributed by atoms with Crippen LogP contribution in [0.5, 0.6) is 0 Å². The van der Waals surface area contributed by atoms with Gasteiger partial charge in [-0.1, -0.05) is 24.3 Å². The summed E-state index contributed by atoms with van der Waals surface area (Å²) >= 11 is 0. The first-order valence-corrected chi connectivity index (χ1v) is 9.63. The van der Waals surface area contributed by atoms with Gasteiger partial charge in [-0.15, -0.1) is 0 Å². The second kappa shape index (κ2) is 7.94. The van der Waals surface area contributed by atoms with Crippen LogP contribution in [-0.4, -0.2) is 21.7 Å². The number of nitrogen functional groups attached to an aromatic ring is 1. The predicted octanol–water partition coefficient (Wildman–Crippen LogP) is 3.23. The van der Waals surface area contributed by atoms with E-state index in [0.717, 1.165) is 17.5 Å². The van der Waals surface area contributed by atoms with Crippen molar-refractivity contribution in [2.75, 3.05) is 5.73 Å². The molecular weight excluding hydrogens is 383 g/mol. The average molecular weight is 404 g/mol. The molecule has 1 aliphatic carbocycles. The highest BCUT2D eigenvalue weighted by Crippen LogP contribution is 2.38. The topological polar surface area (TPSA) is 102 Å². The van der Waals surface area contributed by atoms with Crippen LogP contribution in [0.3, 0.4) is 0 Å². The van der Waals surface area contributed by atoms with Gasteiger partial charge in [0.2, 0.25) is 5.91 Å². The number of hydrogen-bond acceptors (Lipinski definition) is 4. The average Bonchev–Trinajstić information content (AvgIpc) is 3.15. The Morgan fingerprint density at radius 3 is 2.63 bits per heavy atom. The molecule has 0 radical (unpaired) electrons. The van der Waals surface area contributed by atoms with Gasteiger partial charge < -0.3 is 16.4 Å². The van der Waals surface area contributed by atoms with Crippen LogP contribution >= 0.6 is 0 Å². The first-order valence-electron chi connectivity index (χ1n) is 9.63.